The average Bonchev–Trinajstić information content (AvgIpc) is 2.76. The molecule has 0 amide bonds. The predicted molar refractivity (Wildman–Crippen MR) is 142 cm³/mol. The molecule has 0 saturated heterocycles. The number of aryl methyl sites for hydroxylation is 2. The lowest BCUT2D eigenvalue weighted by Crippen LogP contribution is -1.93. The van der Waals surface area contributed by atoms with E-state index in [-0.39, 0.29) is 0 Å². The van der Waals surface area contributed by atoms with Gasteiger partial charge in [0.15, 0.2) is 0 Å². The Morgan fingerprint density at radius 3 is 1.03 bits per heavy atom. The second kappa shape index (κ2) is 21.1. The maximum atomic E-state index is 4.24. The minimum Gasteiger partial charge on any atom is -0.0654 e. The van der Waals surface area contributed by atoms with Crippen LogP contribution in [0.1, 0.15) is 159 Å². The zero-order valence-electron chi connectivity index (χ0n) is 21.5. The standard InChI is InChI=1S/C31H55/c1-4-6-8-10-12-14-16-18-20-22-24-30-26-29(3)27-31(28-30)25-23-21-19-17-15-13-11-9-7-5-2/h26-28H,3-25H2,1-2H3. The van der Waals surface area contributed by atoms with Gasteiger partial charge < -0.3 is 0 Å². The molecule has 0 nitrogen and oxygen atoms in total. The topological polar surface area (TPSA) is 0 Å². The molecule has 0 aliphatic carbocycles. The summed E-state index contributed by atoms with van der Waals surface area (Å²) >= 11 is 0. The van der Waals surface area contributed by atoms with E-state index in [0.717, 1.165) is 0 Å². The molecule has 0 bridgehead atoms. The molecular formula is C31H55. The van der Waals surface area contributed by atoms with E-state index < -0.39 is 0 Å². The Hall–Kier alpha value is -0.780. The quantitative estimate of drug-likeness (QED) is 0.161. The number of benzene rings is 1. The first-order chi connectivity index (χ1) is 15.3. The van der Waals surface area contributed by atoms with Crippen LogP contribution in [0.4, 0.5) is 0 Å². The summed E-state index contributed by atoms with van der Waals surface area (Å²) in [7, 11) is 0. The Labute approximate surface area is 197 Å². The second-order valence-electron chi connectivity index (χ2n) is 10.0. The Morgan fingerprint density at radius 2 is 0.710 bits per heavy atom. The van der Waals surface area contributed by atoms with E-state index in [4.69, 9.17) is 0 Å². The molecule has 0 N–H and O–H groups in total. The molecule has 0 fully saturated rings. The SMILES string of the molecule is [CH2]c1cc(CCCCCCCCCCCC)cc(CCCCCCCCCCCC)c1. The molecule has 0 saturated carbocycles. The first-order valence-electron chi connectivity index (χ1n) is 14.2. The fraction of sp³-hybridized carbons (Fsp3) is 0.774. The maximum absolute atomic E-state index is 4.24. The van der Waals surface area contributed by atoms with Gasteiger partial charge in [-0.1, -0.05) is 148 Å². The lowest BCUT2D eigenvalue weighted by molar-refractivity contribution is 0.555. The highest BCUT2D eigenvalue weighted by Crippen LogP contribution is 2.17. The Bertz CT molecular complexity index is 459. The van der Waals surface area contributed by atoms with Crippen LogP contribution in [-0.4, -0.2) is 0 Å². The number of hydrogen-bond acceptors (Lipinski definition) is 0. The van der Waals surface area contributed by atoms with Gasteiger partial charge in [-0.15, -0.1) is 0 Å². The van der Waals surface area contributed by atoms with Crippen LogP contribution in [0.3, 0.4) is 0 Å². The Morgan fingerprint density at radius 1 is 0.419 bits per heavy atom. The second-order valence-corrected chi connectivity index (χ2v) is 10.0. The molecule has 0 unspecified atom stereocenters. The summed E-state index contributed by atoms with van der Waals surface area (Å²) in [6.45, 7) is 8.83. The molecule has 0 aliphatic heterocycles. The summed E-state index contributed by atoms with van der Waals surface area (Å²) in [6.07, 6.45) is 30.8. The summed E-state index contributed by atoms with van der Waals surface area (Å²) in [4.78, 5) is 0. The molecule has 0 heteroatoms. The van der Waals surface area contributed by atoms with Crippen LogP contribution in [0.15, 0.2) is 18.2 Å². The van der Waals surface area contributed by atoms with Gasteiger partial charge in [-0.3, -0.25) is 0 Å². The van der Waals surface area contributed by atoms with Crippen molar-refractivity contribution < 1.29 is 0 Å². The summed E-state index contributed by atoms with van der Waals surface area (Å²) in [5, 5.41) is 0. The van der Waals surface area contributed by atoms with Crippen molar-refractivity contribution >= 4 is 0 Å². The minimum absolute atomic E-state index is 1.21. The van der Waals surface area contributed by atoms with E-state index in [1.54, 1.807) is 0 Å². The summed E-state index contributed by atoms with van der Waals surface area (Å²) in [6, 6.07) is 7.10. The van der Waals surface area contributed by atoms with Gasteiger partial charge >= 0.3 is 0 Å². The Kier molecular flexibility index (Phi) is 19.2. The third-order valence-corrected chi connectivity index (χ3v) is 6.75. The smallest absolute Gasteiger partial charge is 0.0238 e. The van der Waals surface area contributed by atoms with Gasteiger partial charge in [0.1, 0.15) is 0 Å². The lowest BCUT2D eigenvalue weighted by atomic mass is 9.97. The summed E-state index contributed by atoms with van der Waals surface area (Å²) < 4.78 is 0. The molecule has 0 aromatic heterocycles. The van der Waals surface area contributed by atoms with Crippen LogP contribution >= 0.6 is 0 Å². The molecule has 0 aliphatic rings. The molecule has 0 atom stereocenters. The van der Waals surface area contributed by atoms with Crippen molar-refractivity contribution in [1.82, 2.24) is 0 Å². The number of hydrogen-bond donors (Lipinski definition) is 0. The van der Waals surface area contributed by atoms with E-state index in [9.17, 15) is 0 Å². The molecule has 0 heterocycles. The fourth-order valence-electron chi connectivity index (χ4n) is 4.76. The monoisotopic (exact) mass is 427 g/mol. The predicted octanol–water partition coefficient (Wildman–Crippen LogP) is 10.8. The molecule has 0 spiro atoms. The van der Waals surface area contributed by atoms with E-state index in [1.807, 2.05) is 0 Å². The van der Waals surface area contributed by atoms with Gasteiger partial charge in [-0.25, -0.2) is 0 Å². The van der Waals surface area contributed by atoms with Crippen molar-refractivity contribution in [3.8, 4) is 0 Å². The highest BCUT2D eigenvalue weighted by atomic mass is 14.1. The first kappa shape index (κ1) is 28.3. The highest BCUT2D eigenvalue weighted by Gasteiger charge is 2.01. The maximum Gasteiger partial charge on any atom is -0.0238 e. The van der Waals surface area contributed by atoms with Crippen molar-refractivity contribution in [2.45, 2.75) is 155 Å². The molecule has 1 rings (SSSR count). The molecular weight excluding hydrogens is 372 g/mol. The zero-order chi connectivity index (χ0) is 22.4. The zero-order valence-corrected chi connectivity index (χ0v) is 21.5. The van der Waals surface area contributed by atoms with Crippen LogP contribution in [0.2, 0.25) is 0 Å². The molecule has 1 aromatic carbocycles. The summed E-state index contributed by atoms with van der Waals surface area (Å²) in [5.74, 6) is 0. The van der Waals surface area contributed by atoms with Crippen molar-refractivity contribution in [2.75, 3.05) is 0 Å². The van der Waals surface area contributed by atoms with Crippen molar-refractivity contribution in [2.24, 2.45) is 0 Å². The van der Waals surface area contributed by atoms with Crippen LogP contribution in [0.25, 0.3) is 0 Å². The molecule has 179 valence electrons. The minimum atomic E-state index is 1.21. The van der Waals surface area contributed by atoms with Gasteiger partial charge in [0, 0.05) is 0 Å². The van der Waals surface area contributed by atoms with Gasteiger partial charge in [-0.2, -0.15) is 0 Å². The Balaban J connectivity index is 2.06. The van der Waals surface area contributed by atoms with Crippen molar-refractivity contribution in [3.63, 3.8) is 0 Å². The fourth-order valence-corrected chi connectivity index (χ4v) is 4.76. The molecule has 1 radical (unpaired) electrons. The van der Waals surface area contributed by atoms with Gasteiger partial charge in [-0.05, 0) is 49.3 Å². The summed E-state index contributed by atoms with van der Waals surface area (Å²) in [5.41, 5.74) is 4.26. The first-order valence-corrected chi connectivity index (χ1v) is 14.2. The number of unbranched alkanes of at least 4 members (excludes halogenated alkanes) is 18. The molecule has 31 heavy (non-hydrogen) atoms. The van der Waals surface area contributed by atoms with E-state index in [1.165, 1.54) is 158 Å². The van der Waals surface area contributed by atoms with Crippen LogP contribution in [0.5, 0.6) is 0 Å². The van der Waals surface area contributed by atoms with E-state index in [2.05, 4.69) is 39.0 Å². The van der Waals surface area contributed by atoms with Gasteiger partial charge in [0.25, 0.3) is 0 Å². The van der Waals surface area contributed by atoms with Gasteiger partial charge in [0.2, 0.25) is 0 Å². The van der Waals surface area contributed by atoms with Crippen LogP contribution in [0, 0.1) is 6.92 Å². The largest absolute Gasteiger partial charge is 0.0654 e. The van der Waals surface area contributed by atoms with Crippen LogP contribution < -0.4 is 0 Å². The average molecular weight is 428 g/mol. The van der Waals surface area contributed by atoms with Crippen LogP contribution in [-0.2, 0) is 12.8 Å². The number of rotatable bonds is 22. The van der Waals surface area contributed by atoms with Crippen molar-refractivity contribution in [3.05, 3.63) is 41.8 Å². The molecule has 1 aromatic rings. The third kappa shape index (κ3) is 17.5. The van der Waals surface area contributed by atoms with Crippen molar-refractivity contribution in [1.29, 1.82) is 0 Å². The highest BCUT2D eigenvalue weighted by molar-refractivity contribution is 5.32. The van der Waals surface area contributed by atoms with Gasteiger partial charge in [0.05, 0.1) is 0 Å². The van der Waals surface area contributed by atoms with E-state index in [0.29, 0.717) is 0 Å². The lowest BCUT2D eigenvalue weighted by Gasteiger charge is -2.08. The normalized spacial score (nSPS) is 11.3. The van der Waals surface area contributed by atoms with E-state index >= 15 is 0 Å². The third-order valence-electron chi connectivity index (χ3n) is 6.75.